The third-order valence-electron chi connectivity index (χ3n) is 18.8. The van der Waals surface area contributed by atoms with Gasteiger partial charge >= 0.3 is 5.97 Å². The second-order valence-corrected chi connectivity index (χ2v) is 30.7. The molecule has 4 N–H and O–H groups in total. The summed E-state index contributed by atoms with van der Waals surface area (Å²) < 4.78 is 64.0. The van der Waals surface area contributed by atoms with Crippen molar-refractivity contribution in [2.24, 2.45) is 15.8 Å². The summed E-state index contributed by atoms with van der Waals surface area (Å²) in [6.07, 6.45) is -1.08. The Kier molecular flexibility index (Phi) is 27.9. The van der Waals surface area contributed by atoms with E-state index < -0.39 is 107 Å². The average Bonchev–Trinajstić information content (AvgIpc) is 1.62. The van der Waals surface area contributed by atoms with Gasteiger partial charge in [-0.3, -0.25) is 57.7 Å². The highest BCUT2D eigenvalue weighted by atomic mass is 35.5. The molecule has 7 atom stereocenters. The van der Waals surface area contributed by atoms with Gasteiger partial charge < -0.3 is 63.9 Å². The molecule has 4 aliphatic rings. The number of nitrogens with one attached hydrogen (secondary N) is 3. The van der Waals surface area contributed by atoms with Gasteiger partial charge in [-0.25, -0.2) is 9.37 Å². The van der Waals surface area contributed by atoms with Crippen LogP contribution in [0.3, 0.4) is 0 Å². The van der Waals surface area contributed by atoms with Crippen LogP contribution in [0.1, 0.15) is 138 Å². The zero-order chi connectivity index (χ0) is 76.9. The fourth-order valence-electron chi connectivity index (χ4n) is 12.9. The predicted molar refractivity (Wildman–Crippen MR) is 395 cm³/mol. The van der Waals surface area contributed by atoms with Crippen LogP contribution in [0, 0.1) is 44.3 Å². The van der Waals surface area contributed by atoms with E-state index in [0.29, 0.717) is 16.7 Å². The number of rotatable bonds is 37. The van der Waals surface area contributed by atoms with Gasteiger partial charge in [0.2, 0.25) is 23.6 Å². The number of likely N-dealkylation sites (N-methyl/N-ethyl adjacent to an activating group) is 1. The van der Waals surface area contributed by atoms with Gasteiger partial charge in [0.05, 0.1) is 143 Å². The van der Waals surface area contributed by atoms with E-state index in [4.69, 9.17) is 54.5 Å². The van der Waals surface area contributed by atoms with Gasteiger partial charge in [0.25, 0.3) is 17.7 Å². The number of imide groups is 2. The van der Waals surface area contributed by atoms with E-state index in [9.17, 15) is 43.5 Å². The van der Waals surface area contributed by atoms with Gasteiger partial charge in [0, 0.05) is 59.4 Å². The fourth-order valence-corrected chi connectivity index (χ4v) is 15.1. The molecular weight excluding hydrogens is 1450 g/mol. The second-order valence-electron chi connectivity index (χ2n) is 28.2. The average molecular weight is 1540 g/mol. The number of hydrogen-bond acceptors (Lipinski definition) is 24. The summed E-state index contributed by atoms with van der Waals surface area (Å²) in [4.78, 5) is 122. The summed E-state index contributed by atoms with van der Waals surface area (Å²) in [5.41, 5.74) is 6.24. The van der Waals surface area contributed by atoms with Crippen molar-refractivity contribution in [2.75, 3.05) is 125 Å². The van der Waals surface area contributed by atoms with Gasteiger partial charge in [-0.15, -0.1) is 32.9 Å². The second kappa shape index (κ2) is 36.7. The van der Waals surface area contributed by atoms with Crippen LogP contribution >= 0.6 is 34.3 Å². The predicted octanol–water partition coefficient (Wildman–Crippen LogP) is 7.65. The molecule has 0 saturated carbocycles. The number of halogens is 2. The zero-order valence-electron chi connectivity index (χ0n) is 61.8. The molecule has 7 amide bonds. The molecule has 32 heteroatoms. The number of fused-ring (bicyclic) bond motifs is 4. The van der Waals surface area contributed by atoms with Crippen LogP contribution in [0.5, 0.6) is 0 Å². The molecule has 0 spiro atoms. The number of aliphatic imine (C=N–C) groups is 1. The summed E-state index contributed by atoms with van der Waals surface area (Å²) in [6, 6.07) is 13.1. The number of carbonyl (C=O) groups is 8. The van der Waals surface area contributed by atoms with Crippen LogP contribution < -0.4 is 16.0 Å². The van der Waals surface area contributed by atoms with E-state index in [1.165, 1.54) is 18.0 Å². The van der Waals surface area contributed by atoms with Crippen molar-refractivity contribution in [1.82, 2.24) is 45.1 Å². The molecule has 3 aromatic heterocycles. The Bertz CT molecular complexity index is 4220. The van der Waals surface area contributed by atoms with Crippen LogP contribution in [0.15, 0.2) is 71.2 Å². The number of amides is 7. The molecule has 4 aliphatic heterocycles. The topological polar surface area (TPSA) is 332 Å². The monoisotopic (exact) mass is 1540 g/mol. The third kappa shape index (κ3) is 20.1. The molecule has 3 aromatic carbocycles. The Morgan fingerprint density at radius 1 is 0.766 bits per heavy atom. The van der Waals surface area contributed by atoms with Crippen molar-refractivity contribution in [3.63, 3.8) is 0 Å². The minimum atomic E-state index is -1.17. The number of carbonyl (C=O) groups excluding carboxylic acids is 8. The standard InChI is InChI=1S/C75H93ClFN11O17S2/c1-43-46(4)107-73-63(43)64(49-15-17-51(76)18-16-49)81-57(67-84-83-47(5)87(67)73)36-62(92)105-32-31-101-26-25-100-28-30-103-40-75(9,39-102-29-27-99-24-23-98-22-21-78-56-35-54-53(34-55(56)77)69(94)88(70(54)95)58-19-20-61(91)85(10)71(58)96)41-104-38-60(90)82-66(74(6,7)8)72(97)86-37-52(89)33-59(86)68(93)80-44(2)48-11-13-50(14-12-48)65-45(3)79-42-106-65/h11-18,34-35,42,44,52,57-59,66,78,89H,19-33,36-41H2,1-10H3,(H,80,93)(H,82,90)/t44-,52+,57-,58?,59-,66+,75?/m0/s1. The molecule has 576 valence electrons. The molecule has 0 radical (unpaired) electrons. The van der Waals surface area contributed by atoms with E-state index in [2.05, 4.69) is 45.0 Å². The third-order valence-corrected chi connectivity index (χ3v) is 21.3. The lowest BCUT2D eigenvalue weighted by Gasteiger charge is -2.35. The number of thiazole rings is 1. The lowest BCUT2D eigenvalue weighted by Crippen LogP contribution is -2.58. The maximum absolute atomic E-state index is 15.2. The van der Waals surface area contributed by atoms with Gasteiger partial charge in [0.15, 0.2) is 5.82 Å². The Labute approximate surface area is 633 Å². The molecule has 107 heavy (non-hydrogen) atoms. The van der Waals surface area contributed by atoms with Crippen LogP contribution in [0.25, 0.3) is 15.4 Å². The van der Waals surface area contributed by atoms with Crippen molar-refractivity contribution < 1.29 is 85.7 Å². The number of aromatic nitrogens is 4. The number of hydrogen-bond donors (Lipinski definition) is 4. The first kappa shape index (κ1) is 81.2. The molecule has 6 aromatic rings. The summed E-state index contributed by atoms with van der Waals surface area (Å²) in [5.74, 6) is -4.26. The number of aliphatic hydroxyl groups excluding tert-OH is 1. The van der Waals surface area contributed by atoms with Crippen molar-refractivity contribution in [2.45, 2.75) is 124 Å². The molecule has 0 bridgehead atoms. The molecular formula is C75H93ClFN11O17S2. The number of ether oxygens (including phenoxy) is 8. The fraction of sp³-hybridized carbons (Fsp3) is 0.520. The smallest absolute Gasteiger partial charge is 0.308 e. The maximum Gasteiger partial charge on any atom is 0.308 e. The number of thiophene rings is 1. The molecule has 10 rings (SSSR count). The van der Waals surface area contributed by atoms with E-state index in [1.807, 2.05) is 80.8 Å². The van der Waals surface area contributed by atoms with Crippen molar-refractivity contribution >= 4 is 93.0 Å². The molecule has 2 saturated heterocycles. The van der Waals surface area contributed by atoms with Crippen molar-refractivity contribution in [1.29, 1.82) is 0 Å². The maximum atomic E-state index is 15.2. The number of piperidine rings is 1. The van der Waals surface area contributed by atoms with Crippen LogP contribution in [-0.2, 0) is 66.7 Å². The highest BCUT2D eigenvalue weighted by Crippen LogP contribution is 2.41. The van der Waals surface area contributed by atoms with Gasteiger partial charge in [0.1, 0.15) is 54.0 Å². The Morgan fingerprint density at radius 2 is 1.37 bits per heavy atom. The minimum absolute atomic E-state index is 0.00568. The summed E-state index contributed by atoms with van der Waals surface area (Å²) >= 11 is 9.44. The number of β-amino-alcohol motifs (C(OH)–C–C–N with tert-alkyl or cyclic N) is 1. The molecule has 0 aliphatic carbocycles. The van der Waals surface area contributed by atoms with E-state index >= 15 is 4.39 Å². The highest BCUT2D eigenvalue weighted by molar-refractivity contribution is 7.15. The van der Waals surface area contributed by atoms with Crippen molar-refractivity contribution in [3.8, 4) is 15.4 Å². The molecule has 2 fully saturated rings. The van der Waals surface area contributed by atoms with Crippen LogP contribution in [0.4, 0.5) is 10.1 Å². The lowest BCUT2D eigenvalue weighted by atomic mass is 9.85. The van der Waals surface area contributed by atoms with Crippen molar-refractivity contribution in [3.05, 3.63) is 133 Å². The van der Waals surface area contributed by atoms with E-state index in [1.54, 1.807) is 49.0 Å². The summed E-state index contributed by atoms with van der Waals surface area (Å²) in [5, 5.41) is 30.0. The zero-order valence-corrected chi connectivity index (χ0v) is 64.2. The van der Waals surface area contributed by atoms with Crippen LogP contribution in [0.2, 0.25) is 5.02 Å². The number of benzene rings is 3. The normalized spacial score (nSPS) is 18.4. The van der Waals surface area contributed by atoms with Gasteiger partial charge in [-0.1, -0.05) is 75.7 Å². The molecule has 28 nitrogen and oxygen atoms in total. The number of nitrogens with zero attached hydrogens (tertiary/aromatic N) is 8. The van der Waals surface area contributed by atoms with E-state index in [0.717, 1.165) is 69.8 Å². The first-order chi connectivity index (χ1) is 51.1. The first-order valence-electron chi connectivity index (χ1n) is 35.5. The summed E-state index contributed by atoms with van der Waals surface area (Å²) in [7, 11) is 1.29. The lowest BCUT2D eigenvalue weighted by molar-refractivity contribution is -0.150. The molecule has 2 unspecified atom stereocenters. The first-order valence-corrected chi connectivity index (χ1v) is 37.6. The SMILES string of the molecule is Cc1ncsc1-c1ccc([C@H](C)NC(=O)[C@@H]2C[C@@H](O)CN2C(=O)[C@@H](NC(=O)COCC(C)(COCCOCCOCCNc2cc3c(cc2F)C(=O)N(C2CCC(=O)N(C)C2=O)C3=O)COCCOCCOCCOC(=O)C[C@@H]2N=C(c3ccc(Cl)cc3)c3c(sc(C)c3C)-n3c(C)nnc32)C(C)(C)C)cc1. The van der Waals surface area contributed by atoms with Gasteiger partial charge in [-0.05, 0) is 87.4 Å². The van der Waals surface area contributed by atoms with Gasteiger partial charge in [-0.2, -0.15) is 0 Å². The summed E-state index contributed by atoms with van der Waals surface area (Å²) in [6.45, 7) is 18.5. The highest BCUT2D eigenvalue weighted by Gasteiger charge is 2.48. The Hall–Kier alpha value is -8.34. The number of esters is 1. The Morgan fingerprint density at radius 3 is 2.01 bits per heavy atom. The largest absolute Gasteiger partial charge is 0.463 e. The number of anilines is 1. The number of aliphatic hydroxyl groups is 1. The minimum Gasteiger partial charge on any atom is -0.463 e. The number of aryl methyl sites for hydroxylation is 3. The van der Waals surface area contributed by atoms with E-state index in [-0.39, 0.29) is 148 Å². The molecule has 7 heterocycles. The Balaban J connectivity index is 0.664. The number of likely N-dealkylation sites (tertiary alicyclic amines) is 2. The quantitative estimate of drug-likeness (QED) is 0.0165. The van der Waals surface area contributed by atoms with Crippen LogP contribution in [-0.4, -0.2) is 236 Å².